The maximum absolute atomic E-state index is 12.5. The molecule has 1 atom stereocenters. The van der Waals surface area contributed by atoms with E-state index in [-0.39, 0.29) is 12.1 Å². The van der Waals surface area contributed by atoms with Gasteiger partial charge in [-0.05, 0) is 18.6 Å². The van der Waals surface area contributed by atoms with Crippen molar-refractivity contribution in [2.75, 3.05) is 57.9 Å². The summed E-state index contributed by atoms with van der Waals surface area (Å²) in [4.78, 5) is 20.7. The lowest BCUT2D eigenvalue weighted by Crippen LogP contribution is -2.46. The van der Waals surface area contributed by atoms with Crippen LogP contribution in [-0.2, 0) is 9.47 Å². The zero-order chi connectivity index (χ0) is 15.9. The van der Waals surface area contributed by atoms with Gasteiger partial charge in [0.1, 0.15) is 0 Å². The zero-order valence-corrected chi connectivity index (χ0v) is 13.3. The van der Waals surface area contributed by atoms with Crippen LogP contribution >= 0.6 is 0 Å². The van der Waals surface area contributed by atoms with Gasteiger partial charge in [0.15, 0.2) is 0 Å². The number of carbonyl (C=O) groups is 1. The molecule has 2 saturated heterocycles. The van der Waals surface area contributed by atoms with Gasteiger partial charge in [0.25, 0.3) is 0 Å². The third-order valence-electron chi connectivity index (χ3n) is 4.12. The Kier molecular flexibility index (Phi) is 5.79. The maximum Gasteiger partial charge on any atom is 0.321 e. The second kappa shape index (κ2) is 8.24. The minimum atomic E-state index is -0.0875. The Hall–Kier alpha value is -1.70. The summed E-state index contributed by atoms with van der Waals surface area (Å²) in [6.07, 6.45) is 4.25. The Bertz CT molecular complexity index is 493. The van der Waals surface area contributed by atoms with E-state index in [0.29, 0.717) is 25.4 Å². The van der Waals surface area contributed by atoms with Crippen molar-refractivity contribution in [1.29, 1.82) is 0 Å². The molecule has 1 unspecified atom stereocenters. The number of nitrogens with one attached hydrogen (secondary N) is 1. The Morgan fingerprint density at radius 2 is 2.17 bits per heavy atom. The highest BCUT2D eigenvalue weighted by molar-refractivity contribution is 5.89. The molecule has 2 aliphatic rings. The molecule has 0 bridgehead atoms. The van der Waals surface area contributed by atoms with Gasteiger partial charge in [-0.2, -0.15) is 0 Å². The average Bonchev–Trinajstić information content (AvgIpc) is 2.82. The van der Waals surface area contributed by atoms with E-state index in [1.165, 1.54) is 0 Å². The van der Waals surface area contributed by atoms with E-state index in [4.69, 9.17) is 9.47 Å². The topological polar surface area (TPSA) is 66.9 Å². The average molecular weight is 320 g/mol. The molecule has 2 fully saturated rings. The Balaban J connectivity index is 1.54. The predicted molar refractivity (Wildman–Crippen MR) is 86.4 cm³/mol. The van der Waals surface area contributed by atoms with Crippen LogP contribution in [0.25, 0.3) is 0 Å². The van der Waals surface area contributed by atoms with Gasteiger partial charge in [0, 0.05) is 45.5 Å². The summed E-state index contributed by atoms with van der Waals surface area (Å²) in [6.45, 7) is 6.29. The van der Waals surface area contributed by atoms with E-state index in [1.807, 2.05) is 17.0 Å². The lowest BCUT2D eigenvalue weighted by Gasteiger charge is -2.31. The van der Waals surface area contributed by atoms with Gasteiger partial charge in [-0.15, -0.1) is 0 Å². The summed E-state index contributed by atoms with van der Waals surface area (Å²) < 4.78 is 11.3. The van der Waals surface area contributed by atoms with E-state index < -0.39 is 0 Å². The van der Waals surface area contributed by atoms with E-state index in [9.17, 15) is 4.79 Å². The number of anilines is 1. The Morgan fingerprint density at radius 3 is 2.96 bits per heavy atom. The molecule has 0 aliphatic carbocycles. The van der Waals surface area contributed by atoms with E-state index in [0.717, 1.165) is 39.3 Å². The minimum Gasteiger partial charge on any atom is -0.379 e. The van der Waals surface area contributed by atoms with Crippen LogP contribution in [-0.4, -0.2) is 79.5 Å². The van der Waals surface area contributed by atoms with Crippen molar-refractivity contribution in [3.05, 3.63) is 24.5 Å². The van der Waals surface area contributed by atoms with Crippen molar-refractivity contribution in [1.82, 2.24) is 14.8 Å². The standard InChI is InChI=1S/C16H24N4O3/c21-16(18-14-3-1-4-17-11-14)20-5-2-8-23-15(13-20)12-19-6-9-22-10-7-19/h1,3-4,11,15H,2,5-10,12-13H2,(H,18,21). The second-order valence-corrected chi connectivity index (χ2v) is 5.88. The number of hydrogen-bond acceptors (Lipinski definition) is 5. The highest BCUT2D eigenvalue weighted by atomic mass is 16.5. The van der Waals surface area contributed by atoms with Crippen molar-refractivity contribution in [2.45, 2.75) is 12.5 Å². The van der Waals surface area contributed by atoms with Crippen LogP contribution in [0.1, 0.15) is 6.42 Å². The fourth-order valence-electron chi connectivity index (χ4n) is 2.90. The second-order valence-electron chi connectivity index (χ2n) is 5.88. The van der Waals surface area contributed by atoms with Crippen molar-refractivity contribution < 1.29 is 14.3 Å². The van der Waals surface area contributed by atoms with Crippen molar-refractivity contribution >= 4 is 11.7 Å². The monoisotopic (exact) mass is 320 g/mol. The van der Waals surface area contributed by atoms with Gasteiger partial charge in [-0.1, -0.05) is 0 Å². The number of urea groups is 1. The molecule has 0 aromatic carbocycles. The van der Waals surface area contributed by atoms with Crippen molar-refractivity contribution in [2.24, 2.45) is 0 Å². The molecule has 2 amide bonds. The van der Waals surface area contributed by atoms with Gasteiger partial charge >= 0.3 is 6.03 Å². The minimum absolute atomic E-state index is 0.0512. The van der Waals surface area contributed by atoms with Crippen molar-refractivity contribution in [3.8, 4) is 0 Å². The lowest BCUT2D eigenvalue weighted by molar-refractivity contribution is -0.00983. The molecule has 3 rings (SSSR count). The first-order chi connectivity index (χ1) is 11.3. The highest BCUT2D eigenvalue weighted by Crippen LogP contribution is 2.11. The molecule has 0 spiro atoms. The van der Waals surface area contributed by atoms with E-state index in [1.54, 1.807) is 12.4 Å². The smallest absolute Gasteiger partial charge is 0.321 e. The number of nitrogens with zero attached hydrogens (tertiary/aromatic N) is 3. The Morgan fingerprint density at radius 1 is 1.30 bits per heavy atom. The molecular formula is C16H24N4O3. The van der Waals surface area contributed by atoms with Crippen LogP contribution < -0.4 is 5.32 Å². The molecule has 1 aromatic heterocycles. The molecule has 1 aromatic rings. The number of pyridine rings is 1. The number of morpholine rings is 1. The zero-order valence-electron chi connectivity index (χ0n) is 13.3. The van der Waals surface area contributed by atoms with Crippen LogP contribution in [0.3, 0.4) is 0 Å². The third-order valence-corrected chi connectivity index (χ3v) is 4.12. The quantitative estimate of drug-likeness (QED) is 0.901. The maximum atomic E-state index is 12.5. The molecule has 0 saturated carbocycles. The molecular weight excluding hydrogens is 296 g/mol. The fraction of sp³-hybridized carbons (Fsp3) is 0.625. The molecule has 1 N–H and O–H groups in total. The van der Waals surface area contributed by atoms with Crippen LogP contribution in [0.15, 0.2) is 24.5 Å². The Labute approximate surface area is 136 Å². The number of hydrogen-bond donors (Lipinski definition) is 1. The van der Waals surface area contributed by atoms with Gasteiger partial charge in [-0.3, -0.25) is 9.88 Å². The summed E-state index contributed by atoms with van der Waals surface area (Å²) in [6, 6.07) is 3.56. The highest BCUT2D eigenvalue weighted by Gasteiger charge is 2.25. The third kappa shape index (κ3) is 4.89. The molecule has 7 nitrogen and oxygen atoms in total. The van der Waals surface area contributed by atoms with Gasteiger partial charge in [0.2, 0.25) is 0 Å². The molecule has 0 radical (unpaired) electrons. The molecule has 3 heterocycles. The number of rotatable bonds is 3. The van der Waals surface area contributed by atoms with Gasteiger partial charge in [-0.25, -0.2) is 4.79 Å². The first-order valence-corrected chi connectivity index (χ1v) is 8.19. The largest absolute Gasteiger partial charge is 0.379 e. The molecule has 7 heteroatoms. The summed E-state index contributed by atoms with van der Waals surface area (Å²) in [5.74, 6) is 0. The normalized spacial score (nSPS) is 23.3. The molecule has 23 heavy (non-hydrogen) atoms. The van der Waals surface area contributed by atoms with E-state index >= 15 is 0 Å². The van der Waals surface area contributed by atoms with Crippen LogP contribution in [0.4, 0.5) is 10.5 Å². The summed E-state index contributed by atoms with van der Waals surface area (Å²) in [7, 11) is 0. The summed E-state index contributed by atoms with van der Waals surface area (Å²) >= 11 is 0. The SMILES string of the molecule is O=C(Nc1cccnc1)N1CCCOC(CN2CCOCC2)C1. The first kappa shape index (κ1) is 16.2. The van der Waals surface area contributed by atoms with Gasteiger partial charge in [0.05, 0.1) is 31.2 Å². The van der Waals surface area contributed by atoms with E-state index in [2.05, 4.69) is 15.2 Å². The van der Waals surface area contributed by atoms with Crippen LogP contribution in [0.5, 0.6) is 0 Å². The number of ether oxygens (including phenoxy) is 2. The molecule has 2 aliphatic heterocycles. The number of aromatic nitrogens is 1. The van der Waals surface area contributed by atoms with Crippen molar-refractivity contribution in [3.63, 3.8) is 0 Å². The fourth-order valence-corrected chi connectivity index (χ4v) is 2.90. The van der Waals surface area contributed by atoms with Gasteiger partial charge < -0.3 is 19.7 Å². The predicted octanol–water partition coefficient (Wildman–Crippen LogP) is 1.04. The molecule has 126 valence electrons. The number of carbonyl (C=O) groups excluding carboxylic acids is 1. The lowest BCUT2D eigenvalue weighted by atomic mass is 10.2. The summed E-state index contributed by atoms with van der Waals surface area (Å²) in [5, 5.41) is 2.90. The van der Waals surface area contributed by atoms with Crippen LogP contribution in [0, 0.1) is 0 Å². The first-order valence-electron chi connectivity index (χ1n) is 8.19. The van der Waals surface area contributed by atoms with Crippen LogP contribution in [0.2, 0.25) is 0 Å². The number of amides is 2. The summed E-state index contributed by atoms with van der Waals surface area (Å²) in [5.41, 5.74) is 0.715.